The van der Waals surface area contributed by atoms with Crippen molar-refractivity contribution in [2.24, 2.45) is 0 Å². The van der Waals surface area contributed by atoms with E-state index in [1.54, 1.807) is 47.9 Å². The smallest absolute Gasteiger partial charge is 0.328 e. The van der Waals surface area contributed by atoms with Crippen molar-refractivity contribution in [3.05, 3.63) is 62.6 Å². The fourth-order valence-electron chi connectivity index (χ4n) is 2.90. The first-order chi connectivity index (χ1) is 12.4. The van der Waals surface area contributed by atoms with E-state index in [1.165, 1.54) is 0 Å². The number of nitrogens with one attached hydrogen (secondary N) is 1. The third-order valence-corrected chi connectivity index (χ3v) is 4.32. The molecule has 0 radical (unpaired) electrons. The summed E-state index contributed by atoms with van der Waals surface area (Å²) in [6.45, 7) is 5.21. The van der Waals surface area contributed by atoms with Crippen LogP contribution in [0.1, 0.15) is 29.8 Å². The lowest BCUT2D eigenvalue weighted by molar-refractivity contribution is 0.0785. The van der Waals surface area contributed by atoms with E-state index in [0.29, 0.717) is 29.6 Å². The van der Waals surface area contributed by atoms with Gasteiger partial charge in [-0.1, -0.05) is 0 Å². The Morgan fingerprint density at radius 3 is 2.65 bits per heavy atom. The average molecular weight is 355 g/mol. The number of rotatable bonds is 5. The van der Waals surface area contributed by atoms with Crippen LogP contribution >= 0.6 is 0 Å². The molecule has 2 aromatic heterocycles. The minimum atomic E-state index is -0.477. The van der Waals surface area contributed by atoms with Gasteiger partial charge in [-0.15, -0.1) is 0 Å². The predicted molar refractivity (Wildman–Crippen MR) is 98.2 cm³/mol. The van der Waals surface area contributed by atoms with Gasteiger partial charge in [-0.25, -0.2) is 4.79 Å². The number of nitrogens with zero attached hydrogens (tertiary/aromatic N) is 4. The Balaban J connectivity index is 1.90. The number of hydrogen-bond donors (Lipinski definition) is 1. The molecule has 0 spiro atoms. The largest absolute Gasteiger partial charge is 0.337 e. The number of H-pyrrole nitrogens is 1. The molecule has 1 aromatic carbocycles. The van der Waals surface area contributed by atoms with Crippen molar-refractivity contribution >= 4 is 16.8 Å². The Morgan fingerprint density at radius 1 is 1.23 bits per heavy atom. The van der Waals surface area contributed by atoms with Gasteiger partial charge in [-0.3, -0.25) is 18.8 Å². The maximum Gasteiger partial charge on any atom is 0.328 e. The number of hydrogen-bond acceptors (Lipinski definition) is 4. The van der Waals surface area contributed by atoms with Crippen LogP contribution in [0.4, 0.5) is 0 Å². The zero-order chi connectivity index (χ0) is 18.8. The van der Waals surface area contributed by atoms with Crippen molar-refractivity contribution in [1.29, 1.82) is 0 Å². The number of fused-ring (bicyclic) bond motifs is 1. The highest BCUT2D eigenvalue weighted by Crippen LogP contribution is 2.13. The lowest BCUT2D eigenvalue weighted by Gasteiger charge is -2.16. The molecule has 3 rings (SSSR count). The summed E-state index contributed by atoms with van der Waals surface area (Å²) in [7, 11) is 1.70. The summed E-state index contributed by atoms with van der Waals surface area (Å²) in [5.74, 6) is -0.198. The highest BCUT2D eigenvalue weighted by Gasteiger charge is 2.15. The van der Waals surface area contributed by atoms with Crippen LogP contribution in [0.3, 0.4) is 0 Å². The van der Waals surface area contributed by atoms with Gasteiger partial charge < -0.3 is 9.88 Å². The van der Waals surface area contributed by atoms with Crippen LogP contribution < -0.4 is 11.2 Å². The minimum Gasteiger partial charge on any atom is -0.337 e. The summed E-state index contributed by atoms with van der Waals surface area (Å²) >= 11 is 0. The summed E-state index contributed by atoms with van der Waals surface area (Å²) in [6, 6.07) is 4.73. The molecule has 0 saturated heterocycles. The summed E-state index contributed by atoms with van der Waals surface area (Å²) in [6.07, 6.45) is 3.63. The molecule has 0 saturated carbocycles. The second-order valence-corrected chi connectivity index (χ2v) is 6.11. The molecule has 0 atom stereocenters. The molecule has 3 aromatic rings. The number of aromatic nitrogens is 4. The van der Waals surface area contributed by atoms with Gasteiger partial charge in [0.15, 0.2) is 0 Å². The zero-order valence-corrected chi connectivity index (χ0v) is 15.0. The van der Waals surface area contributed by atoms with E-state index in [-0.39, 0.29) is 11.5 Å². The topological polar surface area (TPSA) is 93.0 Å². The summed E-state index contributed by atoms with van der Waals surface area (Å²) in [4.78, 5) is 41.2. The first kappa shape index (κ1) is 17.7. The number of carbonyl (C=O) groups is 1. The summed E-state index contributed by atoms with van der Waals surface area (Å²) in [5.41, 5.74) is 0.873. The molecule has 0 unspecified atom stereocenters. The number of benzene rings is 1. The summed E-state index contributed by atoms with van der Waals surface area (Å²) < 4.78 is 2.93. The predicted octanol–water partition coefficient (Wildman–Crippen LogP) is 1.20. The maximum absolute atomic E-state index is 12.7. The van der Waals surface area contributed by atoms with Gasteiger partial charge in [0.05, 0.1) is 17.1 Å². The molecular formula is C18H21N5O3. The molecule has 8 nitrogen and oxygen atoms in total. The Bertz CT molecular complexity index is 1080. The Hall–Kier alpha value is -3.16. The second-order valence-electron chi connectivity index (χ2n) is 6.11. The van der Waals surface area contributed by atoms with Gasteiger partial charge in [-0.2, -0.15) is 5.10 Å². The van der Waals surface area contributed by atoms with Crippen LogP contribution in [0, 0.1) is 0 Å². The number of aryl methyl sites for hydroxylation is 1. The molecule has 1 N–H and O–H groups in total. The van der Waals surface area contributed by atoms with Gasteiger partial charge >= 0.3 is 5.69 Å². The van der Waals surface area contributed by atoms with Crippen molar-refractivity contribution < 1.29 is 4.79 Å². The van der Waals surface area contributed by atoms with Crippen LogP contribution in [-0.4, -0.2) is 37.2 Å². The molecule has 0 aliphatic heterocycles. The fraction of sp³-hybridized carbons (Fsp3) is 0.333. The van der Waals surface area contributed by atoms with Gasteiger partial charge in [0.1, 0.15) is 0 Å². The number of amides is 1. The Morgan fingerprint density at radius 2 is 2.00 bits per heavy atom. The molecular weight excluding hydrogens is 334 g/mol. The van der Waals surface area contributed by atoms with Crippen molar-refractivity contribution in [2.75, 3.05) is 7.05 Å². The molecule has 26 heavy (non-hydrogen) atoms. The monoisotopic (exact) mass is 355 g/mol. The van der Waals surface area contributed by atoms with Crippen molar-refractivity contribution in [3.63, 3.8) is 0 Å². The van der Waals surface area contributed by atoms with E-state index >= 15 is 0 Å². The number of carbonyl (C=O) groups excluding carboxylic acids is 1. The molecule has 0 aliphatic rings. The average Bonchev–Trinajstić information content (AvgIpc) is 3.08. The van der Waals surface area contributed by atoms with Gasteiger partial charge in [0.25, 0.3) is 11.5 Å². The molecule has 0 fully saturated rings. The van der Waals surface area contributed by atoms with Crippen LogP contribution in [0.5, 0.6) is 0 Å². The summed E-state index contributed by atoms with van der Waals surface area (Å²) in [5, 5.41) is 4.58. The van der Waals surface area contributed by atoms with Gasteiger partial charge in [-0.05, 0) is 32.0 Å². The number of aromatic amines is 1. The Kier molecular flexibility index (Phi) is 4.75. The van der Waals surface area contributed by atoms with E-state index in [9.17, 15) is 14.4 Å². The van der Waals surface area contributed by atoms with Crippen LogP contribution in [0.15, 0.2) is 40.2 Å². The first-order valence-electron chi connectivity index (χ1n) is 8.48. The maximum atomic E-state index is 12.7. The molecule has 0 bridgehead atoms. The zero-order valence-electron chi connectivity index (χ0n) is 15.0. The van der Waals surface area contributed by atoms with Gasteiger partial charge in [0, 0.05) is 44.0 Å². The highest BCUT2D eigenvalue weighted by atomic mass is 16.2. The minimum absolute atomic E-state index is 0.198. The molecule has 1 amide bonds. The molecule has 8 heteroatoms. The third kappa shape index (κ3) is 3.17. The highest BCUT2D eigenvalue weighted by molar-refractivity contribution is 5.97. The fourth-order valence-corrected chi connectivity index (χ4v) is 2.90. The van der Waals surface area contributed by atoms with Crippen molar-refractivity contribution in [2.45, 2.75) is 33.5 Å². The Labute approximate surface area is 149 Å². The lowest BCUT2D eigenvalue weighted by atomic mass is 10.1. The van der Waals surface area contributed by atoms with E-state index in [0.717, 1.165) is 16.7 Å². The van der Waals surface area contributed by atoms with E-state index in [4.69, 9.17) is 0 Å². The van der Waals surface area contributed by atoms with E-state index in [1.807, 2.05) is 13.1 Å². The third-order valence-electron chi connectivity index (χ3n) is 4.32. The standard InChI is InChI=1S/C18H21N5O3/c1-4-22-11-12(9-19-22)10-21(3)16(24)13-6-7-14-15(8-13)20-18(26)23(5-2)17(14)25/h6-9,11H,4-5,10H2,1-3H3,(H,20,26). The second kappa shape index (κ2) is 6.99. The first-order valence-corrected chi connectivity index (χ1v) is 8.48. The van der Waals surface area contributed by atoms with Gasteiger partial charge in [0.2, 0.25) is 0 Å². The normalized spacial score (nSPS) is 11.0. The van der Waals surface area contributed by atoms with Crippen molar-refractivity contribution in [1.82, 2.24) is 24.2 Å². The van der Waals surface area contributed by atoms with Crippen LogP contribution in [0.2, 0.25) is 0 Å². The SMILES string of the molecule is CCn1cc(CN(C)C(=O)c2ccc3c(=O)n(CC)c(=O)[nH]c3c2)cn1. The van der Waals surface area contributed by atoms with Crippen molar-refractivity contribution in [3.8, 4) is 0 Å². The van der Waals surface area contributed by atoms with Crippen LogP contribution in [0.25, 0.3) is 10.9 Å². The quantitative estimate of drug-likeness (QED) is 0.744. The molecule has 0 aliphatic carbocycles. The molecule has 136 valence electrons. The molecule has 2 heterocycles. The lowest BCUT2D eigenvalue weighted by Crippen LogP contribution is -2.34. The van der Waals surface area contributed by atoms with E-state index < -0.39 is 5.69 Å². The van der Waals surface area contributed by atoms with E-state index in [2.05, 4.69) is 10.1 Å². The van der Waals surface area contributed by atoms with Crippen LogP contribution in [-0.2, 0) is 19.6 Å².